The van der Waals surface area contributed by atoms with Crippen molar-refractivity contribution in [3.63, 3.8) is 0 Å². The summed E-state index contributed by atoms with van der Waals surface area (Å²) in [5.74, 6) is 0.120. The minimum absolute atomic E-state index is 0.301. The van der Waals surface area contributed by atoms with Crippen molar-refractivity contribution in [3.05, 3.63) is 53.9 Å². The highest BCUT2D eigenvalue weighted by Crippen LogP contribution is 2.24. The molecule has 4 rings (SSSR count). The minimum Gasteiger partial charge on any atom is -0.478 e. The second-order valence-electron chi connectivity index (χ2n) is 7.08. The van der Waals surface area contributed by atoms with E-state index in [2.05, 4.69) is 22.9 Å². The highest BCUT2D eigenvalue weighted by Gasteiger charge is 2.19. The van der Waals surface area contributed by atoms with Crippen LogP contribution in [-0.4, -0.2) is 45.1 Å². The minimum atomic E-state index is -0.905. The van der Waals surface area contributed by atoms with E-state index >= 15 is 0 Å². The Morgan fingerprint density at radius 1 is 1.23 bits per heavy atom. The molecule has 0 radical (unpaired) electrons. The fourth-order valence-electron chi connectivity index (χ4n) is 3.74. The molecule has 0 saturated carbocycles. The maximum Gasteiger partial charge on any atom is 0.335 e. The van der Waals surface area contributed by atoms with E-state index in [1.54, 1.807) is 12.1 Å². The summed E-state index contributed by atoms with van der Waals surface area (Å²) in [6.07, 6.45) is 3.52. The summed E-state index contributed by atoms with van der Waals surface area (Å²) in [5.41, 5.74) is 4.35. The van der Waals surface area contributed by atoms with Gasteiger partial charge in [-0.2, -0.15) is 0 Å². The van der Waals surface area contributed by atoms with Crippen molar-refractivity contribution >= 4 is 17.0 Å². The van der Waals surface area contributed by atoms with Gasteiger partial charge in [0.25, 0.3) is 0 Å². The van der Waals surface area contributed by atoms with Gasteiger partial charge in [-0.1, -0.05) is 18.2 Å². The lowest BCUT2D eigenvalue weighted by Gasteiger charge is -2.19. The largest absolute Gasteiger partial charge is 0.478 e. The van der Waals surface area contributed by atoms with Crippen molar-refractivity contribution in [1.29, 1.82) is 0 Å². The van der Waals surface area contributed by atoms with Crippen LogP contribution >= 0.6 is 0 Å². The van der Waals surface area contributed by atoms with Gasteiger partial charge in [0, 0.05) is 19.0 Å². The zero-order valence-electron chi connectivity index (χ0n) is 14.9. The van der Waals surface area contributed by atoms with Gasteiger partial charge in [0.15, 0.2) is 0 Å². The number of carboxylic acids is 1. The molecule has 0 spiro atoms. The molecule has 2 heterocycles. The lowest BCUT2D eigenvalue weighted by Crippen LogP contribution is -2.29. The standard InChI is InChI=1S/C21H23N3O2/c1-14-3-2-11-24(14)12-10-20-22-18-9-8-17(13-19(18)23-20)15-4-6-16(7-5-15)21(25)26/h4-9,13-14H,2-3,10-12H2,1H3,(H,22,23)(H,25,26). The predicted molar refractivity (Wildman–Crippen MR) is 102 cm³/mol. The van der Waals surface area contributed by atoms with Crippen LogP contribution in [0.2, 0.25) is 0 Å². The van der Waals surface area contributed by atoms with E-state index in [0.717, 1.165) is 41.0 Å². The van der Waals surface area contributed by atoms with Gasteiger partial charge in [-0.05, 0) is 61.7 Å². The molecule has 1 fully saturated rings. The molecule has 1 atom stereocenters. The number of aromatic nitrogens is 2. The van der Waals surface area contributed by atoms with Gasteiger partial charge in [-0.15, -0.1) is 0 Å². The fourth-order valence-corrected chi connectivity index (χ4v) is 3.74. The molecule has 0 bridgehead atoms. The summed E-state index contributed by atoms with van der Waals surface area (Å²) in [7, 11) is 0. The maximum absolute atomic E-state index is 11.0. The van der Waals surface area contributed by atoms with Crippen LogP contribution in [0, 0.1) is 0 Å². The number of likely N-dealkylation sites (tertiary alicyclic amines) is 1. The predicted octanol–water partition coefficient (Wildman–Crippen LogP) is 3.95. The summed E-state index contributed by atoms with van der Waals surface area (Å²) in [6.45, 7) is 4.54. The molecule has 1 saturated heterocycles. The third kappa shape index (κ3) is 3.35. The van der Waals surface area contributed by atoms with Crippen LogP contribution in [0.5, 0.6) is 0 Å². The first kappa shape index (κ1) is 16.8. The molecule has 3 aromatic rings. The first-order chi connectivity index (χ1) is 12.6. The number of nitrogens with zero attached hydrogens (tertiary/aromatic N) is 2. The molecule has 134 valence electrons. The number of aromatic amines is 1. The van der Waals surface area contributed by atoms with Gasteiger partial charge >= 0.3 is 5.97 Å². The first-order valence-electron chi connectivity index (χ1n) is 9.16. The van der Waals surface area contributed by atoms with Gasteiger partial charge in [-0.3, -0.25) is 0 Å². The van der Waals surface area contributed by atoms with E-state index in [1.165, 1.54) is 19.4 Å². The average Bonchev–Trinajstić information content (AvgIpc) is 3.24. The number of benzene rings is 2. The number of carbonyl (C=O) groups is 1. The topological polar surface area (TPSA) is 69.2 Å². The van der Waals surface area contributed by atoms with Crippen LogP contribution in [0.25, 0.3) is 22.2 Å². The summed E-state index contributed by atoms with van der Waals surface area (Å²) >= 11 is 0. The molecular formula is C21H23N3O2. The lowest BCUT2D eigenvalue weighted by atomic mass is 10.0. The van der Waals surface area contributed by atoms with Crippen molar-refractivity contribution in [1.82, 2.24) is 14.9 Å². The van der Waals surface area contributed by atoms with Gasteiger partial charge in [-0.25, -0.2) is 9.78 Å². The van der Waals surface area contributed by atoms with Crippen LogP contribution < -0.4 is 0 Å². The van der Waals surface area contributed by atoms with Crippen LogP contribution in [0.1, 0.15) is 35.9 Å². The fraction of sp³-hybridized carbons (Fsp3) is 0.333. The molecule has 0 aliphatic carbocycles. The van der Waals surface area contributed by atoms with Crippen LogP contribution in [0.15, 0.2) is 42.5 Å². The highest BCUT2D eigenvalue weighted by molar-refractivity contribution is 5.89. The molecule has 2 aromatic carbocycles. The Bertz CT molecular complexity index is 930. The second-order valence-corrected chi connectivity index (χ2v) is 7.08. The molecule has 5 heteroatoms. The monoisotopic (exact) mass is 349 g/mol. The summed E-state index contributed by atoms with van der Waals surface area (Å²) in [4.78, 5) is 21.7. The van der Waals surface area contributed by atoms with Crippen LogP contribution in [0.3, 0.4) is 0 Å². The van der Waals surface area contributed by atoms with E-state index in [1.807, 2.05) is 24.3 Å². The molecule has 0 amide bonds. The Kier molecular flexibility index (Phi) is 4.47. The number of imidazole rings is 1. The third-order valence-corrected chi connectivity index (χ3v) is 5.32. The number of carboxylic acid groups (broad SMARTS) is 1. The van der Waals surface area contributed by atoms with E-state index in [9.17, 15) is 4.79 Å². The van der Waals surface area contributed by atoms with E-state index in [4.69, 9.17) is 10.1 Å². The maximum atomic E-state index is 11.0. The van der Waals surface area contributed by atoms with Crippen molar-refractivity contribution in [3.8, 4) is 11.1 Å². The Hall–Kier alpha value is -2.66. The quantitative estimate of drug-likeness (QED) is 0.732. The molecule has 1 aliphatic rings. The van der Waals surface area contributed by atoms with Crippen LogP contribution in [-0.2, 0) is 6.42 Å². The number of hydrogen-bond donors (Lipinski definition) is 2. The highest BCUT2D eigenvalue weighted by atomic mass is 16.4. The lowest BCUT2D eigenvalue weighted by molar-refractivity contribution is 0.0697. The number of aromatic carboxylic acids is 1. The number of rotatable bonds is 5. The molecular weight excluding hydrogens is 326 g/mol. The van der Waals surface area contributed by atoms with Crippen molar-refractivity contribution < 1.29 is 9.90 Å². The number of nitrogens with one attached hydrogen (secondary N) is 1. The summed E-state index contributed by atoms with van der Waals surface area (Å²) in [6, 6.07) is 13.8. The van der Waals surface area contributed by atoms with Crippen molar-refractivity contribution in [2.75, 3.05) is 13.1 Å². The van der Waals surface area contributed by atoms with Crippen molar-refractivity contribution in [2.45, 2.75) is 32.2 Å². The van der Waals surface area contributed by atoms with E-state index in [-0.39, 0.29) is 0 Å². The summed E-state index contributed by atoms with van der Waals surface area (Å²) < 4.78 is 0. The first-order valence-corrected chi connectivity index (χ1v) is 9.16. The van der Waals surface area contributed by atoms with Gasteiger partial charge in [0.05, 0.1) is 16.6 Å². The zero-order chi connectivity index (χ0) is 18.1. The Balaban J connectivity index is 1.52. The zero-order valence-corrected chi connectivity index (χ0v) is 14.9. The number of hydrogen-bond acceptors (Lipinski definition) is 3. The SMILES string of the molecule is CC1CCCN1CCc1nc2ccc(-c3ccc(C(=O)O)cc3)cc2[nH]1. The van der Waals surface area contributed by atoms with Crippen LogP contribution in [0.4, 0.5) is 0 Å². The molecule has 5 nitrogen and oxygen atoms in total. The Labute approximate surface area is 152 Å². The third-order valence-electron chi connectivity index (χ3n) is 5.32. The number of fused-ring (bicyclic) bond motifs is 1. The molecule has 2 N–H and O–H groups in total. The molecule has 1 unspecified atom stereocenters. The molecule has 26 heavy (non-hydrogen) atoms. The van der Waals surface area contributed by atoms with Gasteiger partial charge in [0.1, 0.15) is 5.82 Å². The Morgan fingerprint density at radius 2 is 2.00 bits per heavy atom. The van der Waals surface area contributed by atoms with E-state index < -0.39 is 5.97 Å². The van der Waals surface area contributed by atoms with Gasteiger partial charge < -0.3 is 15.0 Å². The smallest absolute Gasteiger partial charge is 0.335 e. The van der Waals surface area contributed by atoms with Crippen molar-refractivity contribution in [2.24, 2.45) is 0 Å². The molecule has 1 aromatic heterocycles. The molecule has 1 aliphatic heterocycles. The normalized spacial score (nSPS) is 17.8. The average molecular weight is 349 g/mol. The second kappa shape index (κ2) is 6.92. The number of H-pyrrole nitrogens is 1. The summed E-state index contributed by atoms with van der Waals surface area (Å²) in [5, 5.41) is 9.02. The Morgan fingerprint density at radius 3 is 2.69 bits per heavy atom. The van der Waals surface area contributed by atoms with E-state index in [0.29, 0.717) is 11.6 Å². The van der Waals surface area contributed by atoms with Gasteiger partial charge in [0.2, 0.25) is 0 Å².